The maximum atomic E-state index is 4.66. The third kappa shape index (κ3) is 3.71. The van der Waals surface area contributed by atoms with Crippen molar-refractivity contribution in [2.45, 2.75) is 26.2 Å². The van der Waals surface area contributed by atoms with E-state index in [1.807, 2.05) is 11.8 Å². The first-order valence-corrected chi connectivity index (χ1v) is 7.54. The molecule has 0 spiro atoms. The molecule has 0 unspecified atom stereocenters. The van der Waals surface area contributed by atoms with E-state index in [-0.39, 0.29) is 0 Å². The largest absolute Gasteiger partial charge is 0.302 e. The summed E-state index contributed by atoms with van der Waals surface area (Å²) in [6.07, 6.45) is 8.41. The predicted molar refractivity (Wildman–Crippen MR) is 77.9 cm³/mol. The molecule has 17 heavy (non-hydrogen) atoms. The molecule has 0 aromatic carbocycles. The van der Waals surface area contributed by atoms with E-state index in [2.05, 4.69) is 36.0 Å². The summed E-state index contributed by atoms with van der Waals surface area (Å²) in [5.41, 5.74) is 2.65. The summed E-state index contributed by atoms with van der Waals surface area (Å²) >= 11 is 1.98. The SMILES string of the molecule is CCCCSC1=CC(C2=CCCN(C)C2)=NC1. The zero-order valence-corrected chi connectivity index (χ0v) is 11.7. The lowest BCUT2D eigenvalue weighted by atomic mass is 10.1. The number of hydrogen-bond acceptors (Lipinski definition) is 3. The fourth-order valence-electron chi connectivity index (χ4n) is 2.12. The van der Waals surface area contributed by atoms with Crippen LogP contribution in [-0.4, -0.2) is 43.0 Å². The zero-order valence-electron chi connectivity index (χ0n) is 10.9. The van der Waals surface area contributed by atoms with Gasteiger partial charge in [-0.2, -0.15) is 0 Å². The van der Waals surface area contributed by atoms with Gasteiger partial charge in [-0.15, -0.1) is 11.8 Å². The molecular formula is C14H22N2S. The van der Waals surface area contributed by atoms with Crippen molar-refractivity contribution in [3.05, 3.63) is 22.6 Å². The second kappa shape index (κ2) is 6.41. The Morgan fingerprint density at radius 1 is 1.47 bits per heavy atom. The Hall–Kier alpha value is -0.540. The van der Waals surface area contributed by atoms with Crippen molar-refractivity contribution in [3.8, 4) is 0 Å². The molecule has 0 saturated heterocycles. The summed E-state index contributed by atoms with van der Waals surface area (Å²) in [6, 6.07) is 0. The fourth-order valence-corrected chi connectivity index (χ4v) is 3.16. The van der Waals surface area contributed by atoms with Gasteiger partial charge in [0.1, 0.15) is 0 Å². The lowest BCUT2D eigenvalue weighted by molar-refractivity contribution is 0.360. The van der Waals surface area contributed by atoms with Gasteiger partial charge in [-0.1, -0.05) is 19.4 Å². The van der Waals surface area contributed by atoms with E-state index in [0.717, 1.165) is 19.5 Å². The molecule has 0 N–H and O–H groups in total. The quantitative estimate of drug-likeness (QED) is 0.697. The summed E-state index contributed by atoms with van der Waals surface area (Å²) in [7, 11) is 2.18. The second-order valence-corrected chi connectivity index (χ2v) is 5.99. The number of rotatable bonds is 5. The molecule has 0 aromatic rings. The maximum absolute atomic E-state index is 4.66. The Kier molecular flexibility index (Phi) is 4.86. The average Bonchev–Trinajstić information content (AvgIpc) is 2.78. The fraction of sp³-hybridized carbons (Fsp3) is 0.643. The van der Waals surface area contributed by atoms with Crippen molar-refractivity contribution >= 4 is 17.5 Å². The molecule has 2 aliphatic heterocycles. The van der Waals surface area contributed by atoms with E-state index in [9.17, 15) is 0 Å². The molecule has 0 aromatic heterocycles. The minimum absolute atomic E-state index is 0.908. The van der Waals surface area contributed by atoms with Crippen molar-refractivity contribution in [1.82, 2.24) is 4.90 Å². The van der Waals surface area contributed by atoms with Crippen molar-refractivity contribution < 1.29 is 0 Å². The van der Waals surface area contributed by atoms with E-state index in [1.165, 1.54) is 41.3 Å². The molecule has 2 nitrogen and oxygen atoms in total. The molecule has 0 atom stereocenters. The first kappa shape index (κ1) is 12.9. The highest BCUT2D eigenvalue weighted by Crippen LogP contribution is 2.24. The second-order valence-electron chi connectivity index (χ2n) is 4.77. The van der Waals surface area contributed by atoms with Crippen LogP contribution in [0.2, 0.25) is 0 Å². The van der Waals surface area contributed by atoms with Gasteiger partial charge in [0.2, 0.25) is 0 Å². The van der Waals surface area contributed by atoms with E-state index in [0.29, 0.717) is 0 Å². The Labute approximate surface area is 109 Å². The normalized spacial score (nSPS) is 21.2. The molecule has 0 saturated carbocycles. The Morgan fingerprint density at radius 3 is 3.12 bits per heavy atom. The number of hydrogen-bond donors (Lipinski definition) is 0. The van der Waals surface area contributed by atoms with Gasteiger partial charge in [-0.05, 0) is 37.3 Å². The highest BCUT2D eigenvalue weighted by atomic mass is 32.2. The minimum atomic E-state index is 0.908. The maximum Gasteiger partial charge on any atom is 0.0706 e. The van der Waals surface area contributed by atoms with Crippen LogP contribution in [0.25, 0.3) is 0 Å². The van der Waals surface area contributed by atoms with E-state index in [1.54, 1.807) is 0 Å². The molecule has 0 radical (unpaired) electrons. The van der Waals surface area contributed by atoms with Crippen LogP contribution in [0.15, 0.2) is 27.6 Å². The van der Waals surface area contributed by atoms with Crippen LogP contribution >= 0.6 is 11.8 Å². The smallest absolute Gasteiger partial charge is 0.0706 e. The highest BCUT2D eigenvalue weighted by molar-refractivity contribution is 8.03. The van der Waals surface area contributed by atoms with Crippen molar-refractivity contribution in [3.63, 3.8) is 0 Å². The molecule has 94 valence electrons. The van der Waals surface area contributed by atoms with Gasteiger partial charge in [0.05, 0.1) is 12.3 Å². The molecule has 2 aliphatic rings. The van der Waals surface area contributed by atoms with E-state index < -0.39 is 0 Å². The number of thioether (sulfide) groups is 1. The van der Waals surface area contributed by atoms with E-state index in [4.69, 9.17) is 0 Å². The topological polar surface area (TPSA) is 15.6 Å². The van der Waals surface area contributed by atoms with Crippen LogP contribution in [0, 0.1) is 0 Å². The number of nitrogens with zero attached hydrogens (tertiary/aromatic N) is 2. The number of likely N-dealkylation sites (N-methyl/N-ethyl adjacent to an activating group) is 1. The first-order chi connectivity index (χ1) is 8.29. The van der Waals surface area contributed by atoms with Crippen molar-refractivity contribution in [1.29, 1.82) is 0 Å². The van der Waals surface area contributed by atoms with Gasteiger partial charge in [-0.3, -0.25) is 4.99 Å². The lowest BCUT2D eigenvalue weighted by Crippen LogP contribution is -2.27. The zero-order chi connectivity index (χ0) is 12.1. The van der Waals surface area contributed by atoms with Crippen molar-refractivity contribution in [2.24, 2.45) is 4.99 Å². The predicted octanol–water partition coefficient (Wildman–Crippen LogP) is 3.12. The van der Waals surface area contributed by atoms with Crippen LogP contribution in [0.1, 0.15) is 26.2 Å². The number of allylic oxidation sites excluding steroid dienone is 1. The van der Waals surface area contributed by atoms with Crippen LogP contribution in [-0.2, 0) is 0 Å². The molecule has 2 rings (SSSR count). The monoisotopic (exact) mass is 250 g/mol. The van der Waals surface area contributed by atoms with Gasteiger partial charge >= 0.3 is 0 Å². The minimum Gasteiger partial charge on any atom is -0.302 e. The van der Waals surface area contributed by atoms with Crippen LogP contribution < -0.4 is 0 Å². The number of unbranched alkanes of at least 4 members (excludes halogenated alkanes) is 1. The van der Waals surface area contributed by atoms with Gasteiger partial charge in [0.25, 0.3) is 0 Å². The highest BCUT2D eigenvalue weighted by Gasteiger charge is 2.16. The number of aliphatic imine (C=N–C) groups is 1. The molecule has 0 fully saturated rings. The summed E-state index contributed by atoms with van der Waals surface area (Å²) in [4.78, 5) is 8.48. The van der Waals surface area contributed by atoms with Gasteiger partial charge in [0.15, 0.2) is 0 Å². The molecule has 0 bridgehead atoms. The summed E-state index contributed by atoms with van der Waals surface area (Å²) in [5, 5.41) is 0. The Morgan fingerprint density at radius 2 is 2.35 bits per heavy atom. The van der Waals surface area contributed by atoms with Crippen LogP contribution in [0.5, 0.6) is 0 Å². The van der Waals surface area contributed by atoms with Gasteiger partial charge < -0.3 is 4.90 Å². The molecule has 0 amide bonds. The average molecular weight is 250 g/mol. The summed E-state index contributed by atoms with van der Waals surface area (Å²) < 4.78 is 0. The Bertz CT molecular complexity index is 355. The third-order valence-corrected chi connectivity index (χ3v) is 4.27. The standard InChI is InChI=1S/C14H22N2S/c1-3-4-8-17-13-9-14(15-10-13)12-6-5-7-16(2)11-12/h6,9H,3-5,7-8,10-11H2,1-2H3. The van der Waals surface area contributed by atoms with Gasteiger partial charge in [-0.25, -0.2) is 0 Å². The van der Waals surface area contributed by atoms with Crippen molar-refractivity contribution in [2.75, 3.05) is 32.4 Å². The van der Waals surface area contributed by atoms with E-state index >= 15 is 0 Å². The van der Waals surface area contributed by atoms with Crippen LogP contribution in [0.4, 0.5) is 0 Å². The summed E-state index contributed by atoms with van der Waals surface area (Å²) in [5.74, 6) is 1.24. The molecule has 0 aliphatic carbocycles. The Balaban J connectivity index is 1.88. The lowest BCUT2D eigenvalue weighted by Gasteiger charge is -2.22. The molecule has 2 heterocycles. The summed E-state index contributed by atoms with van der Waals surface area (Å²) in [6.45, 7) is 5.39. The first-order valence-electron chi connectivity index (χ1n) is 6.55. The molecule has 3 heteroatoms. The van der Waals surface area contributed by atoms with Crippen LogP contribution in [0.3, 0.4) is 0 Å². The van der Waals surface area contributed by atoms with Gasteiger partial charge in [0, 0.05) is 18.0 Å². The third-order valence-electron chi connectivity index (χ3n) is 3.16. The molecular weight excluding hydrogens is 228 g/mol.